The number of ether oxygens (including phenoxy) is 2. The predicted molar refractivity (Wildman–Crippen MR) is 118 cm³/mol. The van der Waals surface area contributed by atoms with Crippen LogP contribution >= 0.6 is 0 Å². The van der Waals surface area contributed by atoms with Crippen molar-refractivity contribution >= 4 is 11.7 Å². The van der Waals surface area contributed by atoms with Gasteiger partial charge in [0, 0.05) is 29.7 Å². The van der Waals surface area contributed by atoms with Crippen LogP contribution in [0.2, 0.25) is 0 Å². The second-order valence-electron chi connectivity index (χ2n) is 8.90. The van der Waals surface area contributed by atoms with Crippen LogP contribution in [-0.4, -0.2) is 28.7 Å². The zero-order chi connectivity index (χ0) is 22.9. The number of rotatable bonds is 7. The highest BCUT2D eigenvalue weighted by atomic mass is 16.7. The highest BCUT2D eigenvalue weighted by Crippen LogP contribution is 2.55. The zero-order valence-electron chi connectivity index (χ0n) is 18.2. The molecule has 0 saturated heterocycles. The Morgan fingerprint density at radius 3 is 2.72 bits per heavy atom. The first kappa shape index (κ1) is 22.0. The molecule has 1 aliphatic heterocycles. The maximum absolute atomic E-state index is 13.3. The summed E-state index contributed by atoms with van der Waals surface area (Å²) in [5.74, 6) is 0.755. The summed E-state index contributed by atoms with van der Waals surface area (Å²) in [6.07, 6.45) is 11.5. The standard InChI is InChI=1S/C25H29NO6/c1-15-3-5-18(13-19(15)20(11-16(2)28)21(29)7-10-27)26-24(30)25(8-9-25)17-4-6-22-23(12-17)32-14-31-22/h7,10-13,15,19,27-28H,2-6,8-9,14H2,1H3,(H,26,30)/b10-7?,20-11-. The summed E-state index contributed by atoms with van der Waals surface area (Å²) in [6.45, 7) is 5.72. The maximum atomic E-state index is 13.3. The lowest BCUT2D eigenvalue weighted by Crippen LogP contribution is -2.35. The van der Waals surface area contributed by atoms with Crippen molar-refractivity contribution in [3.63, 3.8) is 0 Å². The normalized spacial score (nSPS) is 26.5. The summed E-state index contributed by atoms with van der Waals surface area (Å²) >= 11 is 0. The molecule has 4 aliphatic rings. The quantitative estimate of drug-likeness (QED) is 0.309. The third-order valence-corrected chi connectivity index (χ3v) is 6.78. The molecule has 4 rings (SSSR count). The number of nitrogens with one attached hydrogen (secondary N) is 1. The lowest BCUT2D eigenvalue weighted by molar-refractivity contribution is -0.124. The van der Waals surface area contributed by atoms with E-state index in [1.807, 2.05) is 19.1 Å². The minimum atomic E-state index is -0.503. The average molecular weight is 440 g/mol. The van der Waals surface area contributed by atoms with Gasteiger partial charge in [0.15, 0.2) is 11.5 Å². The molecule has 1 heterocycles. The van der Waals surface area contributed by atoms with Gasteiger partial charge >= 0.3 is 0 Å². The third-order valence-electron chi connectivity index (χ3n) is 6.78. The summed E-state index contributed by atoms with van der Waals surface area (Å²) in [4.78, 5) is 25.8. The van der Waals surface area contributed by atoms with Crippen molar-refractivity contribution in [3.8, 4) is 0 Å². The molecule has 170 valence electrons. The molecule has 7 heteroatoms. The largest absolute Gasteiger partial charge is 0.515 e. The Morgan fingerprint density at radius 2 is 2.03 bits per heavy atom. The van der Waals surface area contributed by atoms with E-state index in [0.717, 1.165) is 61.0 Å². The van der Waals surface area contributed by atoms with Gasteiger partial charge in [-0.1, -0.05) is 25.2 Å². The first-order valence-corrected chi connectivity index (χ1v) is 11.0. The molecule has 0 bridgehead atoms. The van der Waals surface area contributed by atoms with Gasteiger partial charge in [-0.25, -0.2) is 0 Å². The van der Waals surface area contributed by atoms with E-state index in [4.69, 9.17) is 14.6 Å². The average Bonchev–Trinajstić information content (AvgIpc) is 3.44. The van der Waals surface area contributed by atoms with Crippen molar-refractivity contribution in [2.75, 3.05) is 6.79 Å². The fourth-order valence-corrected chi connectivity index (χ4v) is 4.78. The topological polar surface area (TPSA) is 105 Å². The van der Waals surface area contributed by atoms with Crippen LogP contribution < -0.4 is 5.32 Å². The molecule has 0 spiro atoms. The Bertz CT molecular complexity index is 992. The number of hydrogen-bond donors (Lipinski definition) is 3. The van der Waals surface area contributed by atoms with Gasteiger partial charge in [0.05, 0.1) is 11.7 Å². The van der Waals surface area contributed by atoms with E-state index in [0.29, 0.717) is 18.3 Å². The number of allylic oxidation sites excluding steroid dienone is 7. The fraction of sp³-hybridized carbons (Fsp3) is 0.440. The van der Waals surface area contributed by atoms with Crippen molar-refractivity contribution < 1.29 is 29.3 Å². The molecule has 0 aromatic heterocycles. The van der Waals surface area contributed by atoms with Gasteiger partial charge in [-0.15, -0.1) is 0 Å². The van der Waals surface area contributed by atoms with Gasteiger partial charge in [-0.2, -0.15) is 0 Å². The molecule has 32 heavy (non-hydrogen) atoms. The summed E-state index contributed by atoms with van der Waals surface area (Å²) in [5.41, 5.74) is 1.69. The van der Waals surface area contributed by atoms with E-state index in [-0.39, 0.29) is 30.3 Å². The van der Waals surface area contributed by atoms with Crippen LogP contribution in [0, 0.1) is 17.3 Å². The van der Waals surface area contributed by atoms with Gasteiger partial charge < -0.3 is 25.0 Å². The number of carbonyl (C=O) groups is 2. The SMILES string of the molecule is C=C(O)/C=C(\C(=O)C=CO)C1C=C(NC(=O)C2(C3=CC4=C(CC3)OCO4)CC2)CCC1C. The molecule has 0 radical (unpaired) electrons. The number of carbonyl (C=O) groups excluding carboxylic acids is 2. The molecule has 3 aliphatic carbocycles. The van der Waals surface area contributed by atoms with Crippen molar-refractivity contribution in [1.82, 2.24) is 5.32 Å². The van der Waals surface area contributed by atoms with Crippen LogP contribution in [0.1, 0.15) is 45.4 Å². The van der Waals surface area contributed by atoms with Gasteiger partial charge in [0.2, 0.25) is 12.7 Å². The van der Waals surface area contributed by atoms with E-state index in [9.17, 15) is 14.7 Å². The Labute approximate surface area is 187 Å². The molecule has 1 amide bonds. The molecule has 3 N–H and O–H groups in total. The van der Waals surface area contributed by atoms with Crippen LogP contribution in [-0.2, 0) is 19.1 Å². The van der Waals surface area contributed by atoms with Crippen LogP contribution in [0.15, 0.2) is 71.3 Å². The minimum Gasteiger partial charge on any atom is -0.515 e. The lowest BCUT2D eigenvalue weighted by Gasteiger charge is -2.30. The highest BCUT2D eigenvalue weighted by molar-refractivity contribution is 6.04. The number of aliphatic hydroxyl groups excluding tert-OH is 2. The van der Waals surface area contributed by atoms with Crippen LogP contribution in [0.25, 0.3) is 0 Å². The van der Waals surface area contributed by atoms with Crippen molar-refractivity contribution in [2.45, 2.75) is 45.4 Å². The summed E-state index contributed by atoms with van der Waals surface area (Å²) in [6, 6.07) is 0. The maximum Gasteiger partial charge on any atom is 0.234 e. The van der Waals surface area contributed by atoms with Crippen LogP contribution in [0.4, 0.5) is 0 Å². The van der Waals surface area contributed by atoms with E-state index < -0.39 is 11.2 Å². The molecular weight excluding hydrogens is 410 g/mol. The molecule has 0 aromatic rings. The summed E-state index contributed by atoms with van der Waals surface area (Å²) in [5, 5.41) is 21.8. The Morgan fingerprint density at radius 1 is 1.25 bits per heavy atom. The number of aliphatic hydroxyl groups is 2. The minimum absolute atomic E-state index is 0.0232. The van der Waals surface area contributed by atoms with Gasteiger partial charge in [-0.3, -0.25) is 9.59 Å². The second-order valence-corrected chi connectivity index (χ2v) is 8.90. The number of amides is 1. The lowest BCUT2D eigenvalue weighted by atomic mass is 9.77. The third kappa shape index (κ3) is 4.24. The fourth-order valence-electron chi connectivity index (χ4n) is 4.78. The molecule has 1 saturated carbocycles. The molecule has 1 fully saturated rings. The monoisotopic (exact) mass is 439 g/mol. The molecular formula is C25H29NO6. The van der Waals surface area contributed by atoms with E-state index >= 15 is 0 Å². The molecule has 7 nitrogen and oxygen atoms in total. The van der Waals surface area contributed by atoms with Gasteiger partial charge in [-0.05, 0) is 50.2 Å². The number of ketones is 1. The Kier molecular flexibility index (Phi) is 6.00. The molecule has 0 aromatic carbocycles. The van der Waals surface area contributed by atoms with E-state index in [2.05, 4.69) is 11.9 Å². The summed E-state index contributed by atoms with van der Waals surface area (Å²) < 4.78 is 11.0. The number of hydrogen-bond acceptors (Lipinski definition) is 6. The van der Waals surface area contributed by atoms with Crippen molar-refractivity contribution in [3.05, 3.63) is 71.3 Å². The Balaban J connectivity index is 1.54. The highest BCUT2D eigenvalue weighted by Gasteiger charge is 2.53. The van der Waals surface area contributed by atoms with Gasteiger partial charge in [0.25, 0.3) is 0 Å². The van der Waals surface area contributed by atoms with E-state index in [1.54, 1.807) is 0 Å². The van der Waals surface area contributed by atoms with Crippen LogP contribution in [0.3, 0.4) is 0 Å². The summed E-state index contributed by atoms with van der Waals surface area (Å²) in [7, 11) is 0. The first-order valence-electron chi connectivity index (χ1n) is 11.0. The van der Waals surface area contributed by atoms with Gasteiger partial charge in [0.1, 0.15) is 11.5 Å². The van der Waals surface area contributed by atoms with Crippen molar-refractivity contribution in [1.29, 1.82) is 0 Å². The smallest absolute Gasteiger partial charge is 0.234 e. The first-order chi connectivity index (χ1) is 15.3. The van der Waals surface area contributed by atoms with E-state index in [1.165, 1.54) is 6.08 Å². The molecule has 2 unspecified atom stereocenters. The van der Waals surface area contributed by atoms with Crippen molar-refractivity contribution in [2.24, 2.45) is 17.3 Å². The predicted octanol–water partition coefficient (Wildman–Crippen LogP) is 4.39. The Hall–Kier alpha value is -3.22. The molecule has 2 atom stereocenters. The van der Waals surface area contributed by atoms with Crippen LogP contribution in [0.5, 0.6) is 0 Å². The second kappa shape index (κ2) is 8.73. The zero-order valence-corrected chi connectivity index (χ0v) is 18.2.